The van der Waals surface area contributed by atoms with Crippen molar-refractivity contribution in [3.05, 3.63) is 0 Å². The minimum Gasteiger partial charge on any atom is -0.395 e. The van der Waals surface area contributed by atoms with Gasteiger partial charge < -0.3 is 20.4 Å². The van der Waals surface area contributed by atoms with Gasteiger partial charge in [0.2, 0.25) is 0 Å². The van der Waals surface area contributed by atoms with Crippen LogP contribution in [0.25, 0.3) is 0 Å². The maximum Gasteiger partial charge on any atom is 0.317 e. The molecule has 0 saturated heterocycles. The SMILES string of the molecule is CCCCCCNC(=O)N(CCO)CCO. The van der Waals surface area contributed by atoms with E-state index in [9.17, 15) is 4.79 Å². The second kappa shape index (κ2) is 10.7. The fourth-order valence-electron chi connectivity index (χ4n) is 1.42. The highest BCUT2D eigenvalue weighted by Gasteiger charge is 2.10. The fourth-order valence-corrected chi connectivity index (χ4v) is 1.42. The zero-order valence-corrected chi connectivity index (χ0v) is 10.1. The molecule has 0 aliphatic rings. The van der Waals surface area contributed by atoms with Crippen LogP contribution in [0.5, 0.6) is 0 Å². The summed E-state index contributed by atoms with van der Waals surface area (Å²) in [5.74, 6) is 0. The van der Waals surface area contributed by atoms with Crippen molar-refractivity contribution in [3.8, 4) is 0 Å². The summed E-state index contributed by atoms with van der Waals surface area (Å²) in [4.78, 5) is 13.0. The lowest BCUT2D eigenvalue weighted by atomic mass is 10.2. The highest BCUT2D eigenvalue weighted by Crippen LogP contribution is 1.97. The highest BCUT2D eigenvalue weighted by atomic mass is 16.3. The lowest BCUT2D eigenvalue weighted by Crippen LogP contribution is -2.43. The molecule has 0 fully saturated rings. The second-order valence-corrected chi connectivity index (χ2v) is 3.73. The van der Waals surface area contributed by atoms with E-state index < -0.39 is 0 Å². The molecule has 0 aromatic carbocycles. The van der Waals surface area contributed by atoms with Crippen molar-refractivity contribution in [1.29, 1.82) is 0 Å². The van der Waals surface area contributed by atoms with E-state index in [0.717, 1.165) is 12.8 Å². The van der Waals surface area contributed by atoms with Gasteiger partial charge in [0.25, 0.3) is 0 Å². The molecule has 5 heteroatoms. The molecule has 16 heavy (non-hydrogen) atoms. The highest BCUT2D eigenvalue weighted by molar-refractivity contribution is 5.74. The molecule has 0 heterocycles. The summed E-state index contributed by atoms with van der Waals surface area (Å²) in [5, 5.41) is 20.3. The van der Waals surface area contributed by atoms with Gasteiger partial charge in [-0.3, -0.25) is 0 Å². The zero-order valence-electron chi connectivity index (χ0n) is 10.1. The van der Waals surface area contributed by atoms with Crippen LogP contribution in [0.1, 0.15) is 32.6 Å². The summed E-state index contributed by atoms with van der Waals surface area (Å²) in [6.07, 6.45) is 4.46. The largest absolute Gasteiger partial charge is 0.395 e. The van der Waals surface area contributed by atoms with Crippen molar-refractivity contribution in [1.82, 2.24) is 10.2 Å². The number of nitrogens with one attached hydrogen (secondary N) is 1. The van der Waals surface area contributed by atoms with Crippen LogP contribution in [0.2, 0.25) is 0 Å². The van der Waals surface area contributed by atoms with Gasteiger partial charge in [-0.2, -0.15) is 0 Å². The van der Waals surface area contributed by atoms with E-state index in [2.05, 4.69) is 12.2 Å². The van der Waals surface area contributed by atoms with Gasteiger partial charge in [-0.15, -0.1) is 0 Å². The number of aliphatic hydroxyl groups is 2. The van der Waals surface area contributed by atoms with Crippen LogP contribution >= 0.6 is 0 Å². The minimum atomic E-state index is -0.209. The number of urea groups is 1. The van der Waals surface area contributed by atoms with Crippen molar-refractivity contribution in [2.45, 2.75) is 32.6 Å². The summed E-state index contributed by atoms with van der Waals surface area (Å²) in [6, 6.07) is -0.209. The van der Waals surface area contributed by atoms with Crippen LogP contribution in [0.3, 0.4) is 0 Å². The number of aliphatic hydroxyl groups excluding tert-OH is 2. The Morgan fingerprint density at radius 1 is 1.12 bits per heavy atom. The fraction of sp³-hybridized carbons (Fsp3) is 0.909. The summed E-state index contributed by atoms with van der Waals surface area (Å²) in [7, 11) is 0. The molecule has 0 saturated carbocycles. The molecule has 0 aliphatic carbocycles. The number of carbonyl (C=O) groups is 1. The quantitative estimate of drug-likeness (QED) is 0.509. The molecular formula is C11H24N2O3. The van der Waals surface area contributed by atoms with Crippen molar-refractivity contribution in [2.24, 2.45) is 0 Å². The van der Waals surface area contributed by atoms with E-state index in [1.165, 1.54) is 17.7 Å². The number of carbonyl (C=O) groups excluding carboxylic acids is 1. The molecule has 0 radical (unpaired) electrons. The molecule has 0 aromatic rings. The van der Waals surface area contributed by atoms with Crippen molar-refractivity contribution >= 4 is 6.03 Å². The third-order valence-electron chi connectivity index (χ3n) is 2.33. The van der Waals surface area contributed by atoms with Gasteiger partial charge in [0.15, 0.2) is 0 Å². The number of hydrogen-bond donors (Lipinski definition) is 3. The maximum absolute atomic E-state index is 11.5. The van der Waals surface area contributed by atoms with Crippen molar-refractivity contribution < 1.29 is 15.0 Å². The first-order chi connectivity index (χ1) is 7.76. The Morgan fingerprint density at radius 2 is 1.75 bits per heavy atom. The molecule has 0 aliphatic heterocycles. The Kier molecular flexibility index (Phi) is 10.2. The van der Waals surface area contributed by atoms with E-state index in [1.54, 1.807) is 0 Å². The van der Waals surface area contributed by atoms with E-state index in [1.807, 2.05) is 0 Å². The molecule has 3 N–H and O–H groups in total. The van der Waals surface area contributed by atoms with Gasteiger partial charge >= 0.3 is 6.03 Å². The topological polar surface area (TPSA) is 72.8 Å². The number of rotatable bonds is 9. The first-order valence-electron chi connectivity index (χ1n) is 6.00. The molecule has 0 bridgehead atoms. The van der Waals surface area contributed by atoms with Crippen LogP contribution in [0, 0.1) is 0 Å². The molecule has 0 unspecified atom stereocenters. The smallest absolute Gasteiger partial charge is 0.317 e. The number of hydrogen-bond acceptors (Lipinski definition) is 3. The molecule has 0 spiro atoms. The van der Waals surface area contributed by atoms with Crippen LogP contribution in [-0.4, -0.2) is 54.0 Å². The predicted molar refractivity (Wildman–Crippen MR) is 63.3 cm³/mol. The lowest BCUT2D eigenvalue weighted by molar-refractivity contribution is 0.158. The summed E-state index contributed by atoms with van der Waals surface area (Å²) < 4.78 is 0. The molecular weight excluding hydrogens is 208 g/mol. The first kappa shape index (κ1) is 15.2. The first-order valence-corrected chi connectivity index (χ1v) is 6.00. The summed E-state index contributed by atoms with van der Waals surface area (Å²) >= 11 is 0. The summed E-state index contributed by atoms with van der Waals surface area (Å²) in [6.45, 7) is 3.17. The van der Waals surface area contributed by atoms with Crippen LogP contribution in [-0.2, 0) is 0 Å². The van der Waals surface area contributed by atoms with Gasteiger partial charge in [0.05, 0.1) is 13.2 Å². The number of nitrogens with zero attached hydrogens (tertiary/aromatic N) is 1. The monoisotopic (exact) mass is 232 g/mol. The Morgan fingerprint density at radius 3 is 2.25 bits per heavy atom. The standard InChI is InChI=1S/C11H24N2O3/c1-2-3-4-5-6-12-11(16)13(7-9-14)8-10-15/h14-15H,2-10H2,1H3,(H,12,16). The van der Waals surface area contributed by atoms with Crippen molar-refractivity contribution in [2.75, 3.05) is 32.8 Å². The lowest BCUT2D eigenvalue weighted by Gasteiger charge is -2.21. The molecule has 2 amide bonds. The molecule has 5 nitrogen and oxygen atoms in total. The van der Waals surface area contributed by atoms with Gasteiger partial charge in [-0.05, 0) is 6.42 Å². The van der Waals surface area contributed by atoms with Crippen molar-refractivity contribution in [3.63, 3.8) is 0 Å². The maximum atomic E-state index is 11.5. The van der Waals surface area contributed by atoms with Crippen LogP contribution < -0.4 is 5.32 Å². The van der Waals surface area contributed by atoms with E-state index >= 15 is 0 Å². The Hall–Kier alpha value is -0.810. The average molecular weight is 232 g/mol. The molecule has 0 rings (SSSR count). The Balaban J connectivity index is 3.65. The van der Waals surface area contributed by atoms with Gasteiger partial charge in [-0.1, -0.05) is 26.2 Å². The summed E-state index contributed by atoms with van der Waals surface area (Å²) in [5.41, 5.74) is 0. The third kappa shape index (κ3) is 7.48. The van der Waals surface area contributed by atoms with E-state index in [-0.39, 0.29) is 32.3 Å². The predicted octanol–water partition coefficient (Wildman–Crippen LogP) is 0.563. The minimum absolute atomic E-state index is 0.0801. The normalized spacial score (nSPS) is 10.2. The van der Waals surface area contributed by atoms with Gasteiger partial charge in [-0.25, -0.2) is 4.79 Å². The number of amides is 2. The van der Waals surface area contributed by atoms with Crippen LogP contribution in [0.15, 0.2) is 0 Å². The van der Waals surface area contributed by atoms with Gasteiger partial charge in [0.1, 0.15) is 0 Å². The second-order valence-electron chi connectivity index (χ2n) is 3.73. The van der Waals surface area contributed by atoms with Crippen LogP contribution in [0.4, 0.5) is 4.79 Å². The molecule has 0 atom stereocenters. The third-order valence-corrected chi connectivity index (χ3v) is 2.33. The van der Waals surface area contributed by atoms with Gasteiger partial charge in [0, 0.05) is 19.6 Å². The zero-order chi connectivity index (χ0) is 12.2. The molecule has 0 aromatic heterocycles. The van der Waals surface area contributed by atoms with E-state index in [4.69, 9.17) is 10.2 Å². The Labute approximate surface area is 97.4 Å². The molecule has 96 valence electrons. The number of unbranched alkanes of at least 4 members (excludes halogenated alkanes) is 3. The van der Waals surface area contributed by atoms with E-state index in [0.29, 0.717) is 6.54 Å². The Bertz CT molecular complexity index is 171. The average Bonchev–Trinajstić information content (AvgIpc) is 2.28.